The number of fused-ring (bicyclic) bond motifs is 2. The number of hydrogen-bond donors (Lipinski definition) is 2. The predicted molar refractivity (Wildman–Crippen MR) is 118 cm³/mol. The third-order valence-corrected chi connectivity index (χ3v) is 6.40. The number of anilines is 1. The normalized spacial score (nSPS) is 20.6. The number of aliphatic hydroxyl groups is 1. The molecule has 1 unspecified atom stereocenters. The molecule has 1 saturated carbocycles. The van der Waals surface area contributed by atoms with Crippen molar-refractivity contribution in [3.05, 3.63) is 47.9 Å². The fourth-order valence-electron chi connectivity index (χ4n) is 4.29. The zero-order valence-electron chi connectivity index (χ0n) is 18.2. The van der Waals surface area contributed by atoms with Gasteiger partial charge in [0.05, 0.1) is 12.2 Å². The highest BCUT2D eigenvalue weighted by Crippen LogP contribution is 2.39. The number of nitrogens with one attached hydrogen (secondary N) is 1. The van der Waals surface area contributed by atoms with Gasteiger partial charge in [0, 0.05) is 42.1 Å². The molecular formula is C24H19F3N4O4. The van der Waals surface area contributed by atoms with Crippen LogP contribution in [0.5, 0.6) is 0 Å². The number of oxazole rings is 1. The second kappa shape index (κ2) is 7.72. The van der Waals surface area contributed by atoms with E-state index in [1.807, 2.05) is 0 Å². The van der Waals surface area contributed by atoms with Gasteiger partial charge < -0.3 is 19.6 Å². The van der Waals surface area contributed by atoms with Crippen LogP contribution in [0, 0.1) is 5.92 Å². The minimum atomic E-state index is -4.70. The van der Waals surface area contributed by atoms with E-state index in [4.69, 9.17) is 9.15 Å². The molecule has 8 nitrogen and oxygen atoms in total. The van der Waals surface area contributed by atoms with E-state index >= 15 is 0 Å². The number of nitrogens with zero attached hydrogens (tertiary/aromatic N) is 3. The first-order valence-corrected chi connectivity index (χ1v) is 11.1. The molecule has 1 aliphatic carbocycles. The largest absolute Gasteiger partial charge is 0.436 e. The van der Waals surface area contributed by atoms with E-state index in [2.05, 4.69) is 20.3 Å². The molecule has 1 atom stereocenters. The van der Waals surface area contributed by atoms with E-state index < -0.39 is 17.5 Å². The molecule has 35 heavy (non-hydrogen) atoms. The van der Waals surface area contributed by atoms with Crippen LogP contribution in [-0.4, -0.2) is 39.2 Å². The molecule has 1 saturated heterocycles. The van der Waals surface area contributed by atoms with Crippen LogP contribution in [0.15, 0.2) is 41.1 Å². The molecule has 4 heterocycles. The molecular weight excluding hydrogens is 465 g/mol. The van der Waals surface area contributed by atoms with E-state index in [-0.39, 0.29) is 46.5 Å². The molecule has 11 heteroatoms. The lowest BCUT2D eigenvalue weighted by Crippen LogP contribution is -2.25. The number of carbonyl (C=O) groups is 1. The second-order valence-electron chi connectivity index (χ2n) is 8.93. The maximum absolute atomic E-state index is 13.6. The summed E-state index contributed by atoms with van der Waals surface area (Å²) in [7, 11) is 0. The van der Waals surface area contributed by atoms with Crippen molar-refractivity contribution in [1.29, 1.82) is 0 Å². The van der Waals surface area contributed by atoms with Crippen LogP contribution in [0.4, 0.5) is 19.0 Å². The van der Waals surface area contributed by atoms with E-state index in [1.54, 1.807) is 18.2 Å². The number of pyridine rings is 2. The van der Waals surface area contributed by atoms with E-state index in [0.717, 1.165) is 25.2 Å². The number of rotatable bonds is 4. The molecule has 1 amide bonds. The SMILES string of the molecule is O=C(Nc1cc2c(-c3nc4cc(C5(O)CCOC5)ccc4o3)cnc(C(F)(F)F)c2cn1)C1CC1. The van der Waals surface area contributed by atoms with Gasteiger partial charge in [0.2, 0.25) is 11.8 Å². The Morgan fingerprint density at radius 2 is 1.97 bits per heavy atom. The van der Waals surface area contributed by atoms with Crippen molar-refractivity contribution >= 4 is 33.6 Å². The quantitative estimate of drug-likeness (QED) is 0.441. The summed E-state index contributed by atoms with van der Waals surface area (Å²) >= 11 is 0. The summed E-state index contributed by atoms with van der Waals surface area (Å²) in [6.45, 7) is 0.606. The van der Waals surface area contributed by atoms with Crippen LogP contribution in [0.3, 0.4) is 0 Å². The summed E-state index contributed by atoms with van der Waals surface area (Å²) in [5, 5.41) is 13.4. The molecule has 0 radical (unpaired) electrons. The first kappa shape index (κ1) is 21.9. The molecule has 1 aromatic carbocycles. The minimum Gasteiger partial charge on any atom is -0.436 e. The van der Waals surface area contributed by atoms with E-state index in [1.165, 1.54) is 6.07 Å². The van der Waals surface area contributed by atoms with Gasteiger partial charge in [-0.3, -0.25) is 9.78 Å². The number of benzene rings is 1. The van der Waals surface area contributed by atoms with Gasteiger partial charge in [-0.25, -0.2) is 9.97 Å². The highest BCUT2D eigenvalue weighted by molar-refractivity contribution is 6.00. The maximum Gasteiger partial charge on any atom is 0.434 e. The summed E-state index contributed by atoms with van der Waals surface area (Å²) < 4.78 is 52.1. The lowest BCUT2D eigenvalue weighted by molar-refractivity contribution is -0.139. The first-order valence-electron chi connectivity index (χ1n) is 11.1. The van der Waals surface area contributed by atoms with Gasteiger partial charge in [-0.2, -0.15) is 13.2 Å². The van der Waals surface area contributed by atoms with Crippen molar-refractivity contribution in [3.8, 4) is 11.5 Å². The van der Waals surface area contributed by atoms with Crippen molar-refractivity contribution in [1.82, 2.24) is 15.0 Å². The molecule has 180 valence electrons. The van der Waals surface area contributed by atoms with Gasteiger partial charge in [0.25, 0.3) is 0 Å². The number of aromatic nitrogens is 3. The molecule has 1 aliphatic heterocycles. The van der Waals surface area contributed by atoms with Crippen molar-refractivity contribution in [3.63, 3.8) is 0 Å². The van der Waals surface area contributed by atoms with Gasteiger partial charge in [0.15, 0.2) is 11.3 Å². The topological polar surface area (TPSA) is 110 Å². The first-order chi connectivity index (χ1) is 16.7. The Hall–Kier alpha value is -3.57. The average Bonchev–Trinajstić information content (AvgIpc) is 3.44. The fraction of sp³-hybridized carbons (Fsp3) is 0.333. The maximum atomic E-state index is 13.6. The zero-order valence-corrected chi connectivity index (χ0v) is 18.2. The average molecular weight is 484 g/mol. The van der Waals surface area contributed by atoms with Gasteiger partial charge in [-0.1, -0.05) is 6.07 Å². The summed E-state index contributed by atoms with van der Waals surface area (Å²) in [5.74, 6) is -0.117. The molecule has 0 bridgehead atoms. The number of carbonyl (C=O) groups excluding carboxylic acids is 1. The summed E-state index contributed by atoms with van der Waals surface area (Å²) in [6.07, 6.45) is -0.599. The Bertz CT molecular complexity index is 1470. The lowest BCUT2D eigenvalue weighted by atomic mass is 9.93. The lowest BCUT2D eigenvalue weighted by Gasteiger charge is -2.20. The van der Waals surface area contributed by atoms with E-state index in [9.17, 15) is 23.1 Å². The molecule has 3 aromatic heterocycles. The molecule has 6 rings (SSSR count). The Morgan fingerprint density at radius 3 is 2.69 bits per heavy atom. The standard InChI is InChI=1S/C24H19F3N4O4/c25-24(26,27)20-15-9-28-19(31-21(32)12-1-2-12)8-14(15)16(10-29-20)22-30-17-7-13(3-4-18(17)35-22)23(33)5-6-34-11-23/h3-4,7-10,12,33H,1-2,5-6,11H2,(H,28,31,32). The van der Waals surface area contributed by atoms with Crippen LogP contribution in [0.25, 0.3) is 33.3 Å². The Labute approximate surface area is 196 Å². The molecule has 0 spiro atoms. The number of ether oxygens (including phenoxy) is 1. The second-order valence-corrected chi connectivity index (χ2v) is 8.93. The highest BCUT2D eigenvalue weighted by atomic mass is 19.4. The third kappa shape index (κ3) is 3.90. The van der Waals surface area contributed by atoms with Gasteiger partial charge >= 0.3 is 6.18 Å². The summed E-state index contributed by atoms with van der Waals surface area (Å²) in [4.78, 5) is 24.3. The Balaban J connectivity index is 1.47. The highest BCUT2D eigenvalue weighted by Gasteiger charge is 2.37. The van der Waals surface area contributed by atoms with E-state index in [0.29, 0.717) is 29.7 Å². The smallest absolute Gasteiger partial charge is 0.434 e. The zero-order chi connectivity index (χ0) is 24.4. The van der Waals surface area contributed by atoms with Gasteiger partial charge in [-0.15, -0.1) is 0 Å². The minimum absolute atomic E-state index is 0.0590. The number of alkyl halides is 3. The van der Waals surface area contributed by atoms with Crippen LogP contribution in [0.1, 0.15) is 30.5 Å². The van der Waals surface area contributed by atoms with Gasteiger partial charge in [0.1, 0.15) is 16.9 Å². The number of halogens is 3. The Morgan fingerprint density at radius 1 is 1.14 bits per heavy atom. The Kier molecular flexibility index (Phi) is 4.84. The number of amides is 1. The summed E-state index contributed by atoms with van der Waals surface area (Å²) in [6, 6.07) is 6.42. The van der Waals surface area contributed by atoms with Crippen molar-refractivity contribution in [2.45, 2.75) is 31.0 Å². The van der Waals surface area contributed by atoms with Crippen LogP contribution >= 0.6 is 0 Å². The molecule has 2 N–H and O–H groups in total. The monoisotopic (exact) mass is 484 g/mol. The van der Waals surface area contributed by atoms with Crippen molar-refractivity contribution < 1.29 is 32.2 Å². The van der Waals surface area contributed by atoms with Crippen LogP contribution in [0.2, 0.25) is 0 Å². The molecule has 4 aromatic rings. The fourth-order valence-corrected chi connectivity index (χ4v) is 4.29. The van der Waals surface area contributed by atoms with Crippen LogP contribution < -0.4 is 5.32 Å². The molecule has 2 fully saturated rings. The van der Waals surface area contributed by atoms with Gasteiger partial charge in [-0.05, 0) is 36.6 Å². The predicted octanol–water partition coefficient (Wildman–Crippen LogP) is 4.41. The van der Waals surface area contributed by atoms with Crippen molar-refractivity contribution in [2.75, 3.05) is 18.5 Å². The summed E-state index contributed by atoms with van der Waals surface area (Å²) in [5.41, 5.74) is -0.551. The molecule has 2 aliphatic rings. The third-order valence-electron chi connectivity index (χ3n) is 6.40. The van der Waals surface area contributed by atoms with Crippen molar-refractivity contribution in [2.24, 2.45) is 5.92 Å². The van der Waals surface area contributed by atoms with Crippen LogP contribution in [-0.2, 0) is 21.3 Å². The number of hydrogen-bond acceptors (Lipinski definition) is 7.